The van der Waals surface area contributed by atoms with Crippen LogP contribution in [0.15, 0.2) is 10.2 Å². The molecular formula is C10H22N4S. The van der Waals surface area contributed by atoms with Crippen molar-refractivity contribution in [3.8, 4) is 0 Å². The fourth-order valence-electron chi connectivity index (χ4n) is 1.13. The summed E-state index contributed by atoms with van der Waals surface area (Å²) in [7, 11) is 0. The fourth-order valence-corrected chi connectivity index (χ4v) is 2.15. The number of hydrazone groups is 2. The van der Waals surface area contributed by atoms with Crippen LogP contribution in [0.3, 0.4) is 0 Å². The molecular weight excluding hydrogens is 208 g/mol. The number of thioether (sulfide) groups is 1. The molecule has 0 saturated heterocycles. The largest absolute Gasteiger partial charge is 0.324 e. The average molecular weight is 230 g/mol. The molecule has 0 radical (unpaired) electrons. The van der Waals surface area contributed by atoms with Crippen LogP contribution in [0.4, 0.5) is 0 Å². The van der Waals surface area contributed by atoms with E-state index >= 15 is 0 Å². The lowest BCUT2D eigenvalue weighted by Gasteiger charge is -1.99. The summed E-state index contributed by atoms with van der Waals surface area (Å²) in [4.78, 5) is 0. The van der Waals surface area contributed by atoms with Crippen molar-refractivity contribution in [3.63, 3.8) is 0 Å². The molecule has 0 aliphatic rings. The van der Waals surface area contributed by atoms with Crippen LogP contribution >= 0.6 is 11.8 Å². The topological polar surface area (TPSA) is 76.8 Å². The highest BCUT2D eigenvalue weighted by Crippen LogP contribution is 2.09. The average Bonchev–Trinajstić information content (AvgIpc) is 2.26. The van der Waals surface area contributed by atoms with Crippen molar-refractivity contribution < 1.29 is 0 Å². The van der Waals surface area contributed by atoms with Crippen molar-refractivity contribution in [2.45, 2.75) is 38.5 Å². The van der Waals surface area contributed by atoms with Gasteiger partial charge in [-0.05, 0) is 50.0 Å². The number of unbranched alkanes of at least 4 members (excludes halogenated alkanes) is 4. The van der Waals surface area contributed by atoms with Crippen LogP contribution in [0.5, 0.6) is 0 Å². The summed E-state index contributed by atoms with van der Waals surface area (Å²) in [5, 5.41) is 6.91. The molecule has 0 spiro atoms. The smallest absolute Gasteiger partial charge is 0.0240 e. The first-order valence-corrected chi connectivity index (χ1v) is 6.58. The van der Waals surface area contributed by atoms with E-state index in [-0.39, 0.29) is 0 Å². The van der Waals surface area contributed by atoms with Crippen LogP contribution in [0.25, 0.3) is 0 Å². The van der Waals surface area contributed by atoms with E-state index in [0.717, 1.165) is 12.8 Å². The predicted molar refractivity (Wildman–Crippen MR) is 70.4 cm³/mol. The molecule has 15 heavy (non-hydrogen) atoms. The van der Waals surface area contributed by atoms with E-state index in [1.54, 1.807) is 12.4 Å². The molecule has 0 bridgehead atoms. The quantitative estimate of drug-likeness (QED) is 0.261. The van der Waals surface area contributed by atoms with Gasteiger partial charge in [-0.15, -0.1) is 0 Å². The van der Waals surface area contributed by atoms with Crippen molar-refractivity contribution in [1.82, 2.24) is 0 Å². The van der Waals surface area contributed by atoms with Gasteiger partial charge in [0.25, 0.3) is 0 Å². The fraction of sp³-hybridized carbons (Fsp3) is 0.800. The minimum atomic E-state index is 1.00. The molecule has 0 aromatic heterocycles. The molecule has 0 aliphatic carbocycles. The first-order valence-electron chi connectivity index (χ1n) is 5.43. The second-order valence-electron chi connectivity index (χ2n) is 3.27. The minimum Gasteiger partial charge on any atom is -0.324 e. The van der Waals surface area contributed by atoms with Crippen LogP contribution in [-0.2, 0) is 0 Å². The van der Waals surface area contributed by atoms with Gasteiger partial charge >= 0.3 is 0 Å². The molecule has 4 nitrogen and oxygen atoms in total. The summed E-state index contributed by atoms with van der Waals surface area (Å²) in [6.45, 7) is 0. The summed E-state index contributed by atoms with van der Waals surface area (Å²) in [6.07, 6.45) is 10.4. The summed E-state index contributed by atoms with van der Waals surface area (Å²) in [5.74, 6) is 12.5. The molecule has 0 aromatic rings. The van der Waals surface area contributed by atoms with E-state index in [9.17, 15) is 0 Å². The van der Waals surface area contributed by atoms with E-state index in [1.165, 1.54) is 37.2 Å². The third-order valence-corrected chi connectivity index (χ3v) is 3.11. The Labute approximate surface area is 96.6 Å². The molecule has 0 atom stereocenters. The molecule has 0 fully saturated rings. The zero-order chi connectivity index (χ0) is 11.2. The maximum atomic E-state index is 4.99. The second-order valence-corrected chi connectivity index (χ2v) is 4.49. The molecule has 88 valence electrons. The third-order valence-electron chi connectivity index (χ3n) is 1.95. The van der Waals surface area contributed by atoms with Gasteiger partial charge in [0.05, 0.1) is 0 Å². The number of hydrogen-bond acceptors (Lipinski definition) is 5. The van der Waals surface area contributed by atoms with Gasteiger partial charge in [-0.25, -0.2) is 0 Å². The third kappa shape index (κ3) is 13.3. The monoisotopic (exact) mass is 230 g/mol. The normalized spacial score (nSPS) is 11.7. The first-order chi connectivity index (χ1) is 7.41. The van der Waals surface area contributed by atoms with Gasteiger partial charge in [-0.2, -0.15) is 22.0 Å². The Hall–Kier alpha value is -0.710. The SMILES string of the molecule is NN=CCCCCSCCCCC=NN. The number of nitrogens with two attached hydrogens (primary N) is 2. The van der Waals surface area contributed by atoms with Gasteiger partial charge < -0.3 is 11.7 Å². The lowest BCUT2D eigenvalue weighted by molar-refractivity contribution is 0.835. The minimum absolute atomic E-state index is 1.00. The molecule has 0 heterocycles. The first kappa shape index (κ1) is 14.3. The van der Waals surface area contributed by atoms with Crippen LogP contribution in [0, 0.1) is 0 Å². The molecule has 0 aromatic carbocycles. The van der Waals surface area contributed by atoms with E-state index < -0.39 is 0 Å². The Balaban J connectivity index is 2.92. The Kier molecular flexibility index (Phi) is 12.7. The molecule has 5 heteroatoms. The van der Waals surface area contributed by atoms with Crippen molar-refractivity contribution in [2.24, 2.45) is 21.9 Å². The maximum Gasteiger partial charge on any atom is 0.0240 e. The Morgan fingerprint density at radius 3 is 1.67 bits per heavy atom. The molecule has 0 unspecified atom stereocenters. The summed E-state index contributed by atoms with van der Waals surface area (Å²) in [5.41, 5.74) is 0. The van der Waals surface area contributed by atoms with Crippen LogP contribution < -0.4 is 11.7 Å². The highest BCUT2D eigenvalue weighted by molar-refractivity contribution is 7.99. The highest BCUT2D eigenvalue weighted by atomic mass is 32.2. The number of hydrogen-bond donors (Lipinski definition) is 2. The van der Waals surface area contributed by atoms with Crippen LogP contribution in [0.1, 0.15) is 38.5 Å². The summed E-state index contributed by atoms with van der Waals surface area (Å²) in [6, 6.07) is 0. The van der Waals surface area contributed by atoms with Crippen molar-refractivity contribution in [1.29, 1.82) is 0 Å². The van der Waals surface area contributed by atoms with Gasteiger partial charge in [0, 0.05) is 12.4 Å². The van der Waals surface area contributed by atoms with E-state index in [1.807, 2.05) is 11.8 Å². The second kappa shape index (κ2) is 13.3. The van der Waals surface area contributed by atoms with Gasteiger partial charge in [0.15, 0.2) is 0 Å². The summed E-state index contributed by atoms with van der Waals surface area (Å²) >= 11 is 2.02. The Bertz CT molecular complexity index is 153. The molecule has 4 N–H and O–H groups in total. The van der Waals surface area contributed by atoms with Crippen molar-refractivity contribution in [2.75, 3.05) is 11.5 Å². The zero-order valence-electron chi connectivity index (χ0n) is 9.27. The molecule has 0 saturated carbocycles. The van der Waals surface area contributed by atoms with E-state index in [0.29, 0.717) is 0 Å². The Morgan fingerprint density at radius 1 is 0.800 bits per heavy atom. The van der Waals surface area contributed by atoms with Crippen LogP contribution in [0.2, 0.25) is 0 Å². The van der Waals surface area contributed by atoms with Gasteiger partial charge in [-0.3, -0.25) is 0 Å². The summed E-state index contributed by atoms with van der Waals surface area (Å²) < 4.78 is 0. The van der Waals surface area contributed by atoms with Gasteiger partial charge in [-0.1, -0.05) is 0 Å². The lowest BCUT2D eigenvalue weighted by atomic mass is 10.3. The van der Waals surface area contributed by atoms with E-state index in [4.69, 9.17) is 11.7 Å². The van der Waals surface area contributed by atoms with Gasteiger partial charge in [0.1, 0.15) is 0 Å². The maximum absolute atomic E-state index is 4.99. The zero-order valence-corrected chi connectivity index (χ0v) is 10.1. The predicted octanol–water partition coefficient (Wildman–Crippen LogP) is 1.95. The van der Waals surface area contributed by atoms with E-state index in [2.05, 4.69) is 10.2 Å². The standard InChI is InChI=1S/C10H22N4S/c11-13-7-3-1-5-9-15-10-6-2-4-8-14-12/h7-8H,1-6,9-12H2. The van der Waals surface area contributed by atoms with Crippen molar-refractivity contribution in [3.05, 3.63) is 0 Å². The number of rotatable bonds is 10. The number of nitrogens with zero attached hydrogens (tertiary/aromatic N) is 2. The Morgan fingerprint density at radius 2 is 1.27 bits per heavy atom. The lowest BCUT2D eigenvalue weighted by Crippen LogP contribution is -1.88. The molecule has 0 rings (SSSR count). The molecule has 0 aliphatic heterocycles. The highest BCUT2D eigenvalue weighted by Gasteiger charge is 1.90. The molecule has 0 amide bonds. The van der Waals surface area contributed by atoms with Crippen LogP contribution in [-0.4, -0.2) is 23.9 Å². The van der Waals surface area contributed by atoms with Crippen molar-refractivity contribution >= 4 is 24.2 Å². The van der Waals surface area contributed by atoms with Gasteiger partial charge in [0.2, 0.25) is 0 Å².